The standard InChI is InChI=1S/C17H28N6O6S/c1-17(2,3)29-16(24)21-9-8-19-15(18-4)20-10-11-22-30(27,28)14-7-5-6-13(12-14)23(25)26/h5-7,12,22H,8-11H2,1-4H3,(H,21,24)(H2,18,19,20). The number of nitrogens with one attached hydrogen (secondary N) is 4. The molecule has 0 aliphatic rings. The van der Waals surface area contributed by atoms with E-state index in [0.717, 1.165) is 6.07 Å². The number of nitrogens with zero attached hydrogens (tertiary/aromatic N) is 2. The number of hydrogen-bond donors (Lipinski definition) is 4. The van der Waals surface area contributed by atoms with E-state index in [2.05, 4.69) is 25.7 Å². The number of rotatable bonds is 9. The van der Waals surface area contributed by atoms with Gasteiger partial charge in [0.25, 0.3) is 5.69 Å². The summed E-state index contributed by atoms with van der Waals surface area (Å²) in [4.78, 5) is 25.5. The summed E-state index contributed by atoms with van der Waals surface area (Å²) in [6.07, 6.45) is -0.525. The molecule has 168 valence electrons. The summed E-state index contributed by atoms with van der Waals surface area (Å²) in [6.45, 7) is 6.22. The van der Waals surface area contributed by atoms with Crippen LogP contribution in [0.15, 0.2) is 34.2 Å². The molecule has 0 radical (unpaired) electrons. The second-order valence-electron chi connectivity index (χ2n) is 7.01. The number of non-ortho nitro benzene ring substituents is 1. The Labute approximate surface area is 175 Å². The van der Waals surface area contributed by atoms with E-state index in [-0.39, 0.29) is 23.7 Å². The van der Waals surface area contributed by atoms with Crippen LogP contribution in [0.25, 0.3) is 0 Å². The summed E-state index contributed by atoms with van der Waals surface area (Å²) >= 11 is 0. The number of carbonyl (C=O) groups is 1. The van der Waals surface area contributed by atoms with Crippen LogP contribution in [0.5, 0.6) is 0 Å². The van der Waals surface area contributed by atoms with Crippen LogP contribution in [0, 0.1) is 10.1 Å². The Bertz CT molecular complexity index is 866. The van der Waals surface area contributed by atoms with Crippen molar-refractivity contribution >= 4 is 27.8 Å². The zero-order valence-corrected chi connectivity index (χ0v) is 18.2. The molecule has 0 aromatic heterocycles. The van der Waals surface area contributed by atoms with Crippen LogP contribution in [0.1, 0.15) is 20.8 Å². The van der Waals surface area contributed by atoms with E-state index in [9.17, 15) is 23.3 Å². The lowest BCUT2D eigenvalue weighted by molar-refractivity contribution is -0.385. The van der Waals surface area contributed by atoms with Crippen LogP contribution in [0.2, 0.25) is 0 Å². The molecule has 0 fully saturated rings. The molecule has 13 heteroatoms. The Balaban J connectivity index is 2.37. The van der Waals surface area contributed by atoms with E-state index in [1.54, 1.807) is 27.8 Å². The van der Waals surface area contributed by atoms with Gasteiger partial charge in [-0.25, -0.2) is 17.9 Å². The van der Waals surface area contributed by atoms with Crippen LogP contribution >= 0.6 is 0 Å². The van der Waals surface area contributed by atoms with Gasteiger partial charge < -0.3 is 20.7 Å². The van der Waals surface area contributed by atoms with E-state index < -0.39 is 26.6 Å². The molecule has 0 atom stereocenters. The first-order chi connectivity index (χ1) is 13.9. The van der Waals surface area contributed by atoms with E-state index in [1.165, 1.54) is 18.2 Å². The third kappa shape index (κ3) is 9.52. The molecule has 0 saturated heterocycles. The Morgan fingerprint density at radius 2 is 1.73 bits per heavy atom. The number of guanidine groups is 1. The Hall–Kier alpha value is -2.93. The number of carbonyl (C=O) groups excluding carboxylic acids is 1. The molecule has 1 aromatic rings. The van der Waals surface area contributed by atoms with Crippen molar-refractivity contribution in [2.75, 3.05) is 33.2 Å². The molecule has 12 nitrogen and oxygen atoms in total. The van der Waals surface area contributed by atoms with Crippen molar-refractivity contribution in [2.24, 2.45) is 4.99 Å². The maximum atomic E-state index is 12.2. The molecule has 30 heavy (non-hydrogen) atoms. The average Bonchev–Trinajstić information content (AvgIpc) is 2.65. The number of ether oxygens (including phenoxy) is 1. The van der Waals surface area contributed by atoms with Gasteiger partial charge in [0.2, 0.25) is 10.0 Å². The van der Waals surface area contributed by atoms with Crippen LogP contribution in [0.4, 0.5) is 10.5 Å². The SMILES string of the molecule is CN=C(NCCNC(=O)OC(C)(C)C)NCCNS(=O)(=O)c1cccc([N+](=O)[O-])c1. The number of hydrogen-bond acceptors (Lipinski definition) is 7. The summed E-state index contributed by atoms with van der Waals surface area (Å²) < 4.78 is 31.9. The molecule has 4 N–H and O–H groups in total. The monoisotopic (exact) mass is 444 g/mol. The Morgan fingerprint density at radius 1 is 1.13 bits per heavy atom. The number of nitro groups is 1. The lowest BCUT2D eigenvalue weighted by atomic mass is 10.2. The van der Waals surface area contributed by atoms with E-state index >= 15 is 0 Å². The summed E-state index contributed by atoms with van der Waals surface area (Å²) in [5, 5.41) is 19.2. The normalized spacial score (nSPS) is 12.2. The Kier molecular flexibility index (Phi) is 9.46. The molecule has 0 spiro atoms. The number of amides is 1. The summed E-state index contributed by atoms with van der Waals surface area (Å²) in [7, 11) is -2.34. The second-order valence-corrected chi connectivity index (χ2v) is 8.77. The van der Waals surface area contributed by atoms with Crippen molar-refractivity contribution < 1.29 is 22.9 Å². The highest BCUT2D eigenvalue weighted by molar-refractivity contribution is 7.89. The van der Waals surface area contributed by atoms with E-state index in [4.69, 9.17) is 4.74 Å². The van der Waals surface area contributed by atoms with Crippen LogP contribution in [0.3, 0.4) is 0 Å². The van der Waals surface area contributed by atoms with Crippen molar-refractivity contribution in [3.8, 4) is 0 Å². The summed E-state index contributed by atoms with van der Waals surface area (Å²) in [5.41, 5.74) is -0.881. The van der Waals surface area contributed by atoms with Crippen LogP contribution in [-0.2, 0) is 14.8 Å². The maximum Gasteiger partial charge on any atom is 0.407 e. The highest BCUT2D eigenvalue weighted by atomic mass is 32.2. The fourth-order valence-corrected chi connectivity index (χ4v) is 3.17. The number of aliphatic imine (C=N–C) groups is 1. The van der Waals surface area contributed by atoms with Crippen molar-refractivity contribution in [3.63, 3.8) is 0 Å². The highest BCUT2D eigenvalue weighted by Gasteiger charge is 2.17. The fourth-order valence-electron chi connectivity index (χ4n) is 2.09. The van der Waals surface area contributed by atoms with Gasteiger partial charge in [0.1, 0.15) is 5.60 Å². The molecule has 1 rings (SSSR count). The number of alkyl carbamates (subject to hydrolysis) is 1. The molecule has 0 aliphatic heterocycles. The number of benzene rings is 1. The van der Waals surface area contributed by atoms with Crippen molar-refractivity contribution in [1.29, 1.82) is 0 Å². The van der Waals surface area contributed by atoms with Crippen LogP contribution < -0.4 is 20.7 Å². The summed E-state index contributed by atoms with van der Waals surface area (Å²) in [5.74, 6) is 0.413. The molecule has 0 saturated carbocycles. The molecule has 1 amide bonds. The van der Waals surface area contributed by atoms with E-state index in [1.807, 2.05) is 0 Å². The first-order valence-electron chi connectivity index (χ1n) is 9.10. The fraction of sp³-hybridized carbons (Fsp3) is 0.529. The molecule has 0 aliphatic carbocycles. The van der Waals surface area contributed by atoms with Gasteiger partial charge in [0.05, 0.1) is 9.82 Å². The van der Waals surface area contributed by atoms with Crippen molar-refractivity contribution in [1.82, 2.24) is 20.7 Å². The van der Waals surface area contributed by atoms with Gasteiger partial charge in [-0.15, -0.1) is 0 Å². The van der Waals surface area contributed by atoms with Gasteiger partial charge in [0.15, 0.2) is 5.96 Å². The minimum Gasteiger partial charge on any atom is -0.444 e. The maximum absolute atomic E-state index is 12.2. The number of nitro benzene ring substituents is 1. The van der Waals surface area contributed by atoms with E-state index in [0.29, 0.717) is 19.0 Å². The Morgan fingerprint density at radius 3 is 2.30 bits per heavy atom. The van der Waals surface area contributed by atoms with Crippen molar-refractivity contribution in [2.45, 2.75) is 31.3 Å². The second kappa shape index (κ2) is 11.3. The van der Waals surface area contributed by atoms with Gasteiger partial charge >= 0.3 is 6.09 Å². The molecule has 0 bridgehead atoms. The van der Waals surface area contributed by atoms with Gasteiger partial charge in [-0.1, -0.05) is 6.07 Å². The first kappa shape index (κ1) is 25.1. The third-order valence-electron chi connectivity index (χ3n) is 3.36. The topological polar surface area (TPSA) is 164 Å². The van der Waals surface area contributed by atoms with Gasteiger partial charge in [-0.05, 0) is 26.8 Å². The molecule has 1 aromatic carbocycles. The predicted molar refractivity (Wildman–Crippen MR) is 112 cm³/mol. The third-order valence-corrected chi connectivity index (χ3v) is 4.82. The molecule has 0 unspecified atom stereocenters. The van der Waals surface area contributed by atoms with Crippen LogP contribution in [-0.4, -0.2) is 64.2 Å². The minimum atomic E-state index is -3.88. The average molecular weight is 445 g/mol. The molecular formula is C17H28N6O6S. The number of sulfonamides is 1. The lowest BCUT2D eigenvalue weighted by Crippen LogP contribution is -2.44. The predicted octanol–water partition coefficient (Wildman–Crippen LogP) is 0.563. The van der Waals surface area contributed by atoms with Gasteiger partial charge in [0, 0.05) is 45.4 Å². The smallest absolute Gasteiger partial charge is 0.407 e. The lowest BCUT2D eigenvalue weighted by Gasteiger charge is -2.19. The largest absolute Gasteiger partial charge is 0.444 e. The molecule has 0 heterocycles. The quantitative estimate of drug-likeness (QED) is 0.141. The minimum absolute atomic E-state index is 0.0296. The van der Waals surface area contributed by atoms with Crippen molar-refractivity contribution in [3.05, 3.63) is 34.4 Å². The van der Waals surface area contributed by atoms with Gasteiger partial charge in [-0.2, -0.15) is 0 Å². The zero-order chi connectivity index (χ0) is 22.8. The highest BCUT2D eigenvalue weighted by Crippen LogP contribution is 2.16. The first-order valence-corrected chi connectivity index (χ1v) is 10.6. The zero-order valence-electron chi connectivity index (χ0n) is 17.4. The molecular weight excluding hydrogens is 416 g/mol. The summed E-state index contributed by atoms with van der Waals surface area (Å²) in [6, 6.07) is 4.80. The van der Waals surface area contributed by atoms with Gasteiger partial charge in [-0.3, -0.25) is 15.1 Å².